The van der Waals surface area contributed by atoms with Gasteiger partial charge < -0.3 is 14.2 Å². The zero-order chi connectivity index (χ0) is 40.8. The largest absolute Gasteiger partial charge is 0.462 e. The lowest BCUT2D eigenvalue weighted by Gasteiger charge is -2.18. The minimum atomic E-state index is -0.858. The summed E-state index contributed by atoms with van der Waals surface area (Å²) in [6, 6.07) is 0. The van der Waals surface area contributed by atoms with Crippen molar-refractivity contribution in [3.05, 3.63) is 134 Å². The van der Waals surface area contributed by atoms with Crippen LogP contribution in [-0.4, -0.2) is 37.2 Å². The van der Waals surface area contributed by atoms with Crippen LogP contribution in [0.25, 0.3) is 0 Å². The minimum absolute atomic E-state index is 0.110. The van der Waals surface area contributed by atoms with Gasteiger partial charge in [0.1, 0.15) is 13.2 Å². The summed E-state index contributed by atoms with van der Waals surface area (Å²) in [6.07, 6.45) is 60.5. The summed E-state index contributed by atoms with van der Waals surface area (Å²) in [5.41, 5.74) is 0. The van der Waals surface area contributed by atoms with Crippen molar-refractivity contribution in [2.45, 2.75) is 149 Å². The molecule has 310 valence electrons. The smallest absolute Gasteiger partial charge is 0.309 e. The average Bonchev–Trinajstić information content (AvgIpc) is 3.19. The van der Waals surface area contributed by atoms with Crippen LogP contribution in [0.3, 0.4) is 0 Å². The number of hydrogen-bond donors (Lipinski definition) is 0. The van der Waals surface area contributed by atoms with Gasteiger partial charge in [0.05, 0.1) is 6.42 Å². The van der Waals surface area contributed by atoms with Crippen molar-refractivity contribution in [3.63, 3.8) is 0 Å². The van der Waals surface area contributed by atoms with E-state index in [1.54, 1.807) is 6.08 Å². The first-order valence-electron chi connectivity index (χ1n) is 21.3. The van der Waals surface area contributed by atoms with Gasteiger partial charge in [-0.1, -0.05) is 180 Å². The predicted molar refractivity (Wildman–Crippen MR) is 237 cm³/mol. The molecule has 0 aliphatic heterocycles. The summed E-state index contributed by atoms with van der Waals surface area (Å²) < 4.78 is 16.5. The fraction of sp³-hybridized carbons (Fsp3) is 0.500. The van der Waals surface area contributed by atoms with Crippen molar-refractivity contribution in [1.82, 2.24) is 0 Å². The fourth-order valence-corrected chi connectivity index (χ4v) is 4.96. The molecule has 0 aromatic carbocycles. The van der Waals surface area contributed by atoms with Crippen LogP contribution < -0.4 is 0 Å². The van der Waals surface area contributed by atoms with Crippen molar-refractivity contribution < 1.29 is 28.6 Å². The molecule has 0 fully saturated rings. The molecule has 0 heterocycles. The molecule has 0 rings (SSSR count). The highest BCUT2D eigenvalue weighted by molar-refractivity contribution is 5.72. The molecule has 0 aromatic heterocycles. The van der Waals surface area contributed by atoms with Crippen LogP contribution in [0.5, 0.6) is 0 Å². The Balaban J connectivity index is 4.59. The van der Waals surface area contributed by atoms with Gasteiger partial charge in [-0.3, -0.25) is 14.4 Å². The normalized spacial score (nSPS) is 13.4. The van der Waals surface area contributed by atoms with Crippen LogP contribution in [0.1, 0.15) is 143 Å². The number of hydrogen-bond acceptors (Lipinski definition) is 6. The van der Waals surface area contributed by atoms with Crippen LogP contribution >= 0.6 is 0 Å². The molecular weight excluding hydrogens is 697 g/mol. The van der Waals surface area contributed by atoms with Crippen molar-refractivity contribution in [2.75, 3.05) is 13.2 Å². The van der Waals surface area contributed by atoms with Gasteiger partial charge in [0, 0.05) is 12.8 Å². The summed E-state index contributed by atoms with van der Waals surface area (Å²) in [6.45, 7) is 6.04. The topological polar surface area (TPSA) is 78.9 Å². The second kappa shape index (κ2) is 43.3. The molecule has 1 atom stereocenters. The Labute approximate surface area is 341 Å². The monoisotopic (exact) mass is 771 g/mol. The molecule has 0 radical (unpaired) electrons. The molecule has 0 saturated carbocycles. The summed E-state index contributed by atoms with van der Waals surface area (Å²) in [5.74, 6) is -1.18. The summed E-state index contributed by atoms with van der Waals surface area (Å²) in [5, 5.41) is 0. The maximum Gasteiger partial charge on any atom is 0.309 e. The summed E-state index contributed by atoms with van der Waals surface area (Å²) >= 11 is 0. The Morgan fingerprint density at radius 1 is 0.393 bits per heavy atom. The molecule has 0 aromatic rings. The van der Waals surface area contributed by atoms with Gasteiger partial charge in [0.15, 0.2) is 6.10 Å². The molecule has 0 aliphatic carbocycles. The molecule has 56 heavy (non-hydrogen) atoms. The highest BCUT2D eigenvalue weighted by Crippen LogP contribution is 2.11. The number of carbonyl (C=O) groups excluding carboxylic acids is 3. The first-order chi connectivity index (χ1) is 27.5. The quantitative estimate of drug-likeness (QED) is 0.0210. The van der Waals surface area contributed by atoms with Crippen LogP contribution in [0.15, 0.2) is 134 Å². The van der Waals surface area contributed by atoms with E-state index in [1.807, 2.05) is 60.8 Å². The van der Waals surface area contributed by atoms with Gasteiger partial charge in [-0.2, -0.15) is 0 Å². The number of allylic oxidation sites excluding steroid dienone is 21. The Kier molecular flexibility index (Phi) is 39.8. The number of esters is 3. The molecule has 0 N–H and O–H groups in total. The molecular formula is C50H74O6. The van der Waals surface area contributed by atoms with Crippen molar-refractivity contribution in [1.29, 1.82) is 0 Å². The molecule has 6 nitrogen and oxygen atoms in total. The van der Waals surface area contributed by atoms with E-state index in [0.717, 1.165) is 77.0 Å². The van der Waals surface area contributed by atoms with Gasteiger partial charge in [0.25, 0.3) is 0 Å². The third-order valence-corrected chi connectivity index (χ3v) is 8.04. The maximum atomic E-state index is 12.6. The van der Waals surface area contributed by atoms with E-state index in [9.17, 15) is 14.4 Å². The zero-order valence-corrected chi connectivity index (χ0v) is 35.1. The lowest BCUT2D eigenvalue weighted by Crippen LogP contribution is -2.30. The third kappa shape index (κ3) is 40.7. The number of carbonyl (C=O) groups is 3. The Bertz CT molecular complexity index is 1300. The van der Waals surface area contributed by atoms with Gasteiger partial charge in [-0.15, -0.1) is 0 Å². The van der Waals surface area contributed by atoms with Crippen LogP contribution in [0, 0.1) is 0 Å². The molecule has 0 bridgehead atoms. The van der Waals surface area contributed by atoms with Gasteiger partial charge in [-0.05, 0) is 77.0 Å². The van der Waals surface area contributed by atoms with E-state index in [-0.39, 0.29) is 32.0 Å². The molecule has 0 amide bonds. The molecule has 0 aliphatic rings. The first kappa shape index (κ1) is 51.5. The van der Waals surface area contributed by atoms with E-state index in [4.69, 9.17) is 14.2 Å². The van der Waals surface area contributed by atoms with E-state index in [2.05, 4.69) is 87.6 Å². The van der Waals surface area contributed by atoms with Gasteiger partial charge in [-0.25, -0.2) is 0 Å². The molecule has 6 heteroatoms. The Morgan fingerprint density at radius 3 is 1.41 bits per heavy atom. The third-order valence-electron chi connectivity index (χ3n) is 8.04. The lowest BCUT2D eigenvalue weighted by molar-refractivity contribution is -0.166. The molecule has 0 saturated heterocycles. The lowest BCUT2D eigenvalue weighted by atomic mass is 10.1. The van der Waals surface area contributed by atoms with Crippen LogP contribution in [-0.2, 0) is 28.6 Å². The standard InChI is InChI=1S/C50H74O6/c1-4-7-10-13-16-19-21-23-24-25-27-28-31-34-37-40-43-49(52)55-46-47(45-54-48(51)42-39-36-33-30-18-15-12-9-6-3)56-50(53)44-41-38-35-32-29-26-22-20-17-14-11-8-5-2/h7-12,14,16-20,22-24,26,29-30,32,35-36,39,47H,4-6,13,15,21,25,27-28,31,33-34,37-38,40-46H2,1-3H3/b10-7-,11-8-,12-9-,17-14-,19-16-,22-20-,24-23-,29-26-,30-18-,35-32-,39-36-. The van der Waals surface area contributed by atoms with Gasteiger partial charge >= 0.3 is 17.9 Å². The number of unbranched alkanes of at least 4 members (excludes halogenated alkanes) is 7. The summed E-state index contributed by atoms with van der Waals surface area (Å²) in [7, 11) is 0. The average molecular weight is 771 g/mol. The second-order valence-electron chi connectivity index (χ2n) is 13.2. The highest BCUT2D eigenvalue weighted by atomic mass is 16.6. The SMILES string of the molecule is CC\C=C/C=C\C=C/C=C\C=C/CCCC(=O)OC(COC(=O)C/C=C\C/C=C\C/C=C\CC)COC(=O)CCCCCCCC/C=C\C/C=C\C/C=C\CC. The maximum absolute atomic E-state index is 12.6. The van der Waals surface area contributed by atoms with Gasteiger partial charge in [0.2, 0.25) is 0 Å². The Hall–Kier alpha value is -4.45. The minimum Gasteiger partial charge on any atom is -0.462 e. The molecule has 0 spiro atoms. The van der Waals surface area contributed by atoms with E-state index in [1.165, 1.54) is 12.8 Å². The number of rotatable bonds is 35. The second-order valence-corrected chi connectivity index (χ2v) is 13.2. The number of ether oxygens (including phenoxy) is 3. The first-order valence-corrected chi connectivity index (χ1v) is 21.3. The van der Waals surface area contributed by atoms with Crippen LogP contribution in [0.2, 0.25) is 0 Å². The fourth-order valence-electron chi connectivity index (χ4n) is 4.96. The van der Waals surface area contributed by atoms with Crippen molar-refractivity contribution >= 4 is 17.9 Å². The highest BCUT2D eigenvalue weighted by Gasteiger charge is 2.19. The predicted octanol–water partition coefficient (Wildman–Crippen LogP) is 13.6. The zero-order valence-electron chi connectivity index (χ0n) is 35.1. The molecule has 1 unspecified atom stereocenters. The van der Waals surface area contributed by atoms with Crippen molar-refractivity contribution in [3.8, 4) is 0 Å². The van der Waals surface area contributed by atoms with Crippen molar-refractivity contribution in [2.24, 2.45) is 0 Å². The Morgan fingerprint density at radius 2 is 0.821 bits per heavy atom. The van der Waals surface area contributed by atoms with E-state index >= 15 is 0 Å². The summed E-state index contributed by atoms with van der Waals surface area (Å²) in [4.78, 5) is 37.5. The van der Waals surface area contributed by atoms with E-state index < -0.39 is 18.0 Å². The van der Waals surface area contributed by atoms with Crippen LogP contribution in [0.4, 0.5) is 0 Å². The van der Waals surface area contributed by atoms with E-state index in [0.29, 0.717) is 19.3 Å².